The van der Waals surface area contributed by atoms with Gasteiger partial charge in [0.1, 0.15) is 0 Å². The summed E-state index contributed by atoms with van der Waals surface area (Å²) in [6.07, 6.45) is 1.62. The van der Waals surface area contributed by atoms with Gasteiger partial charge in [-0.2, -0.15) is 0 Å². The molecule has 2 aromatic rings. The number of aldehydes is 1. The number of nitrogens with zero attached hydrogens (tertiary/aromatic N) is 1. The monoisotopic (exact) mass is 283 g/mol. The van der Waals surface area contributed by atoms with Crippen molar-refractivity contribution in [1.82, 2.24) is 4.57 Å². The maximum Gasteiger partial charge on any atom is 0.261 e. The summed E-state index contributed by atoms with van der Waals surface area (Å²) >= 11 is 0. The van der Waals surface area contributed by atoms with Gasteiger partial charge < -0.3 is 4.57 Å². The largest absolute Gasteiger partial charge is 0.307 e. The minimum atomic E-state index is -0.212. The molecule has 110 valence electrons. The van der Waals surface area contributed by atoms with E-state index in [1.165, 1.54) is 5.56 Å². The average Bonchev–Trinajstić information content (AvgIpc) is 2.49. The summed E-state index contributed by atoms with van der Waals surface area (Å²) in [5, 5.41) is 0. The van der Waals surface area contributed by atoms with Crippen LogP contribution in [0.2, 0.25) is 0 Å². The lowest BCUT2D eigenvalue weighted by Gasteiger charge is -2.16. The van der Waals surface area contributed by atoms with E-state index in [0.29, 0.717) is 18.7 Å². The molecule has 0 atom stereocenters. The first kappa shape index (κ1) is 15.2. The highest BCUT2D eigenvalue weighted by atomic mass is 16.1. The van der Waals surface area contributed by atoms with Crippen LogP contribution >= 0.6 is 0 Å². The van der Waals surface area contributed by atoms with Gasteiger partial charge in [-0.1, -0.05) is 45.0 Å². The SMILES string of the molecule is CCc1ccc(-c2ccc(C=O)c(=O)n2CC(C)C)cc1. The molecule has 1 aromatic heterocycles. The molecule has 0 spiro atoms. The van der Waals surface area contributed by atoms with Crippen molar-refractivity contribution in [1.29, 1.82) is 0 Å². The quantitative estimate of drug-likeness (QED) is 0.787. The third-order valence-electron chi connectivity index (χ3n) is 3.54. The molecule has 0 radical (unpaired) electrons. The van der Waals surface area contributed by atoms with Gasteiger partial charge in [-0.3, -0.25) is 9.59 Å². The number of aryl methyl sites for hydroxylation is 1. The van der Waals surface area contributed by atoms with Gasteiger partial charge in [-0.05, 0) is 35.6 Å². The Labute approximate surface area is 125 Å². The second-order valence-corrected chi connectivity index (χ2v) is 5.65. The predicted octanol–water partition coefficient (Wildman–Crippen LogP) is 3.55. The first-order valence-electron chi connectivity index (χ1n) is 7.35. The van der Waals surface area contributed by atoms with E-state index >= 15 is 0 Å². The van der Waals surface area contributed by atoms with Gasteiger partial charge >= 0.3 is 0 Å². The van der Waals surface area contributed by atoms with E-state index in [-0.39, 0.29) is 11.1 Å². The Hall–Kier alpha value is -2.16. The Kier molecular flexibility index (Phi) is 4.73. The number of hydrogen-bond acceptors (Lipinski definition) is 2. The zero-order valence-electron chi connectivity index (χ0n) is 12.8. The van der Waals surface area contributed by atoms with Crippen LogP contribution in [0.25, 0.3) is 11.3 Å². The summed E-state index contributed by atoms with van der Waals surface area (Å²) < 4.78 is 1.70. The maximum atomic E-state index is 12.4. The Morgan fingerprint density at radius 2 is 1.76 bits per heavy atom. The summed E-state index contributed by atoms with van der Waals surface area (Å²) in [5.74, 6) is 0.332. The Morgan fingerprint density at radius 1 is 1.10 bits per heavy atom. The molecule has 21 heavy (non-hydrogen) atoms. The molecule has 0 amide bonds. The van der Waals surface area contributed by atoms with Crippen molar-refractivity contribution < 1.29 is 4.79 Å². The van der Waals surface area contributed by atoms with Crippen molar-refractivity contribution in [3.05, 3.63) is 57.9 Å². The van der Waals surface area contributed by atoms with Gasteiger partial charge in [0.2, 0.25) is 0 Å². The fourth-order valence-corrected chi connectivity index (χ4v) is 2.39. The van der Waals surface area contributed by atoms with Crippen LogP contribution < -0.4 is 5.56 Å². The van der Waals surface area contributed by atoms with Crippen LogP contribution in [0.1, 0.15) is 36.7 Å². The van der Waals surface area contributed by atoms with Crippen LogP contribution in [0.4, 0.5) is 0 Å². The lowest BCUT2D eigenvalue weighted by atomic mass is 10.1. The van der Waals surface area contributed by atoms with Crippen LogP contribution in [-0.4, -0.2) is 10.9 Å². The van der Waals surface area contributed by atoms with E-state index in [1.54, 1.807) is 10.6 Å². The molecule has 0 aliphatic heterocycles. The molecule has 0 N–H and O–H groups in total. The standard InChI is InChI=1S/C18H21NO2/c1-4-14-5-7-15(8-6-14)17-10-9-16(12-20)18(21)19(17)11-13(2)3/h5-10,12-13H,4,11H2,1-3H3. The molecular formula is C18H21NO2. The van der Waals surface area contributed by atoms with Crippen LogP contribution in [0.5, 0.6) is 0 Å². The van der Waals surface area contributed by atoms with Crippen molar-refractivity contribution in [3.63, 3.8) is 0 Å². The maximum absolute atomic E-state index is 12.4. The molecule has 0 saturated heterocycles. The molecule has 3 nitrogen and oxygen atoms in total. The lowest BCUT2D eigenvalue weighted by Crippen LogP contribution is -2.26. The summed E-state index contributed by atoms with van der Waals surface area (Å²) in [7, 11) is 0. The summed E-state index contributed by atoms with van der Waals surface area (Å²) in [5.41, 5.74) is 3.13. The molecule has 0 fully saturated rings. The zero-order valence-corrected chi connectivity index (χ0v) is 12.8. The lowest BCUT2D eigenvalue weighted by molar-refractivity contribution is 0.112. The summed E-state index contributed by atoms with van der Waals surface area (Å²) in [6.45, 7) is 6.84. The number of rotatable bonds is 5. The minimum absolute atomic E-state index is 0.212. The molecule has 1 heterocycles. The number of carbonyl (C=O) groups excluding carboxylic acids is 1. The third-order valence-corrected chi connectivity index (χ3v) is 3.54. The smallest absolute Gasteiger partial charge is 0.261 e. The van der Waals surface area contributed by atoms with Gasteiger partial charge in [0.25, 0.3) is 5.56 Å². The number of benzene rings is 1. The topological polar surface area (TPSA) is 39.1 Å². The fraction of sp³-hybridized carbons (Fsp3) is 0.333. The van der Waals surface area contributed by atoms with Gasteiger partial charge in [-0.25, -0.2) is 0 Å². The van der Waals surface area contributed by atoms with E-state index < -0.39 is 0 Å². The molecule has 1 aromatic carbocycles. The summed E-state index contributed by atoms with van der Waals surface area (Å²) in [6, 6.07) is 11.7. The molecule has 0 saturated carbocycles. The molecular weight excluding hydrogens is 262 g/mol. The van der Waals surface area contributed by atoms with Crippen LogP contribution in [0, 0.1) is 5.92 Å². The van der Waals surface area contributed by atoms with E-state index in [4.69, 9.17) is 0 Å². The third kappa shape index (κ3) is 3.30. The van der Waals surface area contributed by atoms with Crippen LogP contribution in [0.15, 0.2) is 41.2 Å². The van der Waals surface area contributed by atoms with Crippen LogP contribution in [0.3, 0.4) is 0 Å². The van der Waals surface area contributed by atoms with Gasteiger partial charge in [0.05, 0.1) is 11.3 Å². The average molecular weight is 283 g/mol. The number of carbonyl (C=O) groups is 1. The van der Waals surface area contributed by atoms with Crippen molar-refractivity contribution in [3.8, 4) is 11.3 Å². The first-order chi connectivity index (χ1) is 10.1. The number of hydrogen-bond donors (Lipinski definition) is 0. The normalized spacial score (nSPS) is 10.9. The molecule has 0 aliphatic carbocycles. The van der Waals surface area contributed by atoms with Crippen LogP contribution in [-0.2, 0) is 13.0 Å². The van der Waals surface area contributed by atoms with E-state index in [0.717, 1.165) is 17.7 Å². The molecule has 0 aliphatic rings. The van der Waals surface area contributed by atoms with E-state index in [9.17, 15) is 9.59 Å². The molecule has 3 heteroatoms. The van der Waals surface area contributed by atoms with E-state index in [1.807, 2.05) is 18.2 Å². The second kappa shape index (κ2) is 6.53. The van der Waals surface area contributed by atoms with Gasteiger partial charge in [0, 0.05) is 6.54 Å². The van der Waals surface area contributed by atoms with E-state index in [2.05, 4.69) is 32.9 Å². The van der Waals surface area contributed by atoms with Gasteiger partial charge in [0.15, 0.2) is 6.29 Å². The minimum Gasteiger partial charge on any atom is -0.307 e. The highest BCUT2D eigenvalue weighted by molar-refractivity contribution is 5.75. The van der Waals surface area contributed by atoms with Crippen molar-refractivity contribution in [2.75, 3.05) is 0 Å². The van der Waals surface area contributed by atoms with Crippen molar-refractivity contribution in [2.24, 2.45) is 5.92 Å². The summed E-state index contributed by atoms with van der Waals surface area (Å²) in [4.78, 5) is 23.4. The Balaban J connectivity index is 2.58. The Morgan fingerprint density at radius 3 is 2.29 bits per heavy atom. The fourth-order valence-electron chi connectivity index (χ4n) is 2.39. The highest BCUT2D eigenvalue weighted by Gasteiger charge is 2.11. The van der Waals surface area contributed by atoms with Crippen molar-refractivity contribution in [2.45, 2.75) is 33.7 Å². The molecule has 2 rings (SSSR count). The highest BCUT2D eigenvalue weighted by Crippen LogP contribution is 2.20. The number of aromatic nitrogens is 1. The van der Waals surface area contributed by atoms with Gasteiger partial charge in [-0.15, -0.1) is 0 Å². The predicted molar refractivity (Wildman–Crippen MR) is 85.7 cm³/mol. The molecule has 0 unspecified atom stereocenters. The zero-order chi connectivity index (χ0) is 15.4. The number of pyridine rings is 1. The Bertz CT molecular complexity index is 681. The first-order valence-corrected chi connectivity index (χ1v) is 7.35. The molecule has 0 bridgehead atoms. The van der Waals surface area contributed by atoms with Crippen molar-refractivity contribution >= 4 is 6.29 Å². The second-order valence-electron chi connectivity index (χ2n) is 5.65.